The molecule has 1 atom stereocenters. The number of methoxy groups -OCH3 is 1. The van der Waals surface area contributed by atoms with Gasteiger partial charge in [0.05, 0.1) is 13.2 Å². The number of benzene rings is 1. The highest BCUT2D eigenvalue weighted by Gasteiger charge is 2.18. The maximum Gasteiger partial charge on any atom is 0.161 e. The van der Waals surface area contributed by atoms with Gasteiger partial charge in [0.15, 0.2) is 11.5 Å². The van der Waals surface area contributed by atoms with Crippen LogP contribution in [0.3, 0.4) is 0 Å². The van der Waals surface area contributed by atoms with Gasteiger partial charge in [0.25, 0.3) is 0 Å². The molecule has 0 unspecified atom stereocenters. The van der Waals surface area contributed by atoms with Crippen molar-refractivity contribution in [2.45, 2.75) is 64.6 Å². The van der Waals surface area contributed by atoms with E-state index in [2.05, 4.69) is 31.3 Å². The molecule has 1 aliphatic rings. The molecule has 2 rings (SSSR count). The van der Waals surface area contributed by atoms with Crippen molar-refractivity contribution in [1.82, 2.24) is 5.32 Å². The van der Waals surface area contributed by atoms with Crippen LogP contribution in [0.4, 0.5) is 0 Å². The summed E-state index contributed by atoms with van der Waals surface area (Å²) in [5.74, 6) is 1.73. The lowest BCUT2D eigenvalue weighted by molar-refractivity contribution is 0.200. The second-order valence-electron chi connectivity index (χ2n) is 5.70. The van der Waals surface area contributed by atoms with E-state index in [1.807, 2.05) is 6.07 Å². The van der Waals surface area contributed by atoms with E-state index in [0.717, 1.165) is 24.5 Å². The lowest BCUT2D eigenvalue weighted by Gasteiger charge is -2.17. The molecule has 0 radical (unpaired) electrons. The van der Waals surface area contributed by atoms with Crippen LogP contribution in [0, 0.1) is 0 Å². The van der Waals surface area contributed by atoms with Gasteiger partial charge in [-0.2, -0.15) is 0 Å². The average Bonchev–Trinajstić information content (AvgIpc) is 2.98. The third-order valence-electron chi connectivity index (χ3n) is 4.09. The Kier molecular flexibility index (Phi) is 5.72. The first kappa shape index (κ1) is 15.2. The molecule has 1 aromatic rings. The second kappa shape index (κ2) is 7.53. The number of hydrogen-bond acceptors (Lipinski definition) is 3. The van der Waals surface area contributed by atoms with E-state index >= 15 is 0 Å². The van der Waals surface area contributed by atoms with Crippen LogP contribution >= 0.6 is 0 Å². The minimum absolute atomic E-state index is 0.369. The average molecular weight is 277 g/mol. The Bertz CT molecular complexity index is 413. The molecular weight excluding hydrogens is 250 g/mol. The van der Waals surface area contributed by atoms with Crippen LogP contribution in [0.25, 0.3) is 0 Å². The Morgan fingerprint density at radius 2 is 2.00 bits per heavy atom. The zero-order valence-electron chi connectivity index (χ0n) is 12.9. The summed E-state index contributed by atoms with van der Waals surface area (Å²) in [4.78, 5) is 0. The van der Waals surface area contributed by atoms with Crippen molar-refractivity contribution in [3.63, 3.8) is 0 Å². The van der Waals surface area contributed by atoms with E-state index < -0.39 is 0 Å². The number of hydrogen-bond donors (Lipinski definition) is 1. The van der Waals surface area contributed by atoms with Crippen molar-refractivity contribution in [2.75, 3.05) is 7.11 Å². The molecule has 0 heterocycles. The molecule has 3 heteroatoms. The fourth-order valence-corrected chi connectivity index (χ4v) is 2.54. The highest BCUT2D eigenvalue weighted by atomic mass is 16.5. The van der Waals surface area contributed by atoms with Crippen LogP contribution in [-0.2, 0) is 6.54 Å². The topological polar surface area (TPSA) is 30.5 Å². The Labute approximate surface area is 122 Å². The molecule has 0 bridgehead atoms. The Hall–Kier alpha value is -1.22. The summed E-state index contributed by atoms with van der Waals surface area (Å²) < 4.78 is 11.5. The number of ether oxygens (including phenoxy) is 2. The molecule has 1 N–H and O–H groups in total. The minimum Gasteiger partial charge on any atom is -0.493 e. The molecule has 1 fully saturated rings. The monoisotopic (exact) mass is 277 g/mol. The van der Waals surface area contributed by atoms with Gasteiger partial charge in [0, 0.05) is 12.6 Å². The predicted molar refractivity (Wildman–Crippen MR) is 82.5 cm³/mol. The molecule has 0 spiro atoms. The van der Waals surface area contributed by atoms with Crippen molar-refractivity contribution < 1.29 is 9.47 Å². The molecule has 0 saturated heterocycles. The summed E-state index contributed by atoms with van der Waals surface area (Å²) in [6, 6.07) is 6.79. The lowest BCUT2D eigenvalue weighted by Crippen LogP contribution is -2.24. The van der Waals surface area contributed by atoms with Gasteiger partial charge in [-0.1, -0.05) is 13.0 Å². The molecule has 1 aromatic carbocycles. The van der Waals surface area contributed by atoms with Crippen molar-refractivity contribution >= 4 is 0 Å². The van der Waals surface area contributed by atoms with E-state index in [9.17, 15) is 0 Å². The molecule has 20 heavy (non-hydrogen) atoms. The predicted octanol–water partition coefficient (Wildman–Crippen LogP) is 3.90. The SMILES string of the molecule is CC[C@H](C)NCc1ccc(OC2CCCC2)c(OC)c1. The molecule has 0 aliphatic heterocycles. The Morgan fingerprint density at radius 3 is 2.65 bits per heavy atom. The molecule has 0 aromatic heterocycles. The van der Waals surface area contributed by atoms with Crippen molar-refractivity contribution in [3.8, 4) is 11.5 Å². The number of nitrogens with one attached hydrogen (secondary N) is 1. The minimum atomic E-state index is 0.369. The van der Waals surface area contributed by atoms with Gasteiger partial charge in [0.2, 0.25) is 0 Å². The first-order valence-corrected chi connectivity index (χ1v) is 7.80. The highest BCUT2D eigenvalue weighted by Crippen LogP contribution is 2.32. The quantitative estimate of drug-likeness (QED) is 0.820. The first-order valence-electron chi connectivity index (χ1n) is 7.80. The standard InChI is InChI=1S/C17H27NO2/c1-4-13(2)18-12-14-9-10-16(17(11-14)19-3)20-15-7-5-6-8-15/h9-11,13,15,18H,4-8,12H2,1-3H3/t13-/m0/s1. The van der Waals surface area contributed by atoms with Gasteiger partial charge in [0.1, 0.15) is 0 Å². The summed E-state index contributed by atoms with van der Waals surface area (Å²) in [6.07, 6.45) is 6.40. The summed E-state index contributed by atoms with van der Waals surface area (Å²) in [6.45, 7) is 5.26. The van der Waals surface area contributed by atoms with Gasteiger partial charge in [-0.15, -0.1) is 0 Å². The zero-order chi connectivity index (χ0) is 14.4. The Morgan fingerprint density at radius 1 is 1.25 bits per heavy atom. The van der Waals surface area contributed by atoms with E-state index in [0.29, 0.717) is 12.1 Å². The number of rotatable bonds is 7. The normalized spacial score (nSPS) is 17.1. The van der Waals surface area contributed by atoms with Crippen LogP contribution in [0.15, 0.2) is 18.2 Å². The van der Waals surface area contributed by atoms with Crippen molar-refractivity contribution in [1.29, 1.82) is 0 Å². The van der Waals surface area contributed by atoms with Gasteiger partial charge >= 0.3 is 0 Å². The molecular formula is C17H27NO2. The van der Waals surface area contributed by atoms with E-state index in [1.165, 1.54) is 31.2 Å². The highest BCUT2D eigenvalue weighted by molar-refractivity contribution is 5.43. The third-order valence-corrected chi connectivity index (χ3v) is 4.09. The second-order valence-corrected chi connectivity index (χ2v) is 5.70. The largest absolute Gasteiger partial charge is 0.493 e. The lowest BCUT2D eigenvalue weighted by atomic mass is 10.1. The fraction of sp³-hybridized carbons (Fsp3) is 0.647. The van der Waals surface area contributed by atoms with Gasteiger partial charge in [-0.05, 0) is 56.7 Å². The summed E-state index contributed by atoms with van der Waals surface area (Å²) >= 11 is 0. The van der Waals surface area contributed by atoms with Crippen LogP contribution in [0.2, 0.25) is 0 Å². The van der Waals surface area contributed by atoms with Gasteiger partial charge < -0.3 is 14.8 Å². The zero-order valence-corrected chi connectivity index (χ0v) is 12.9. The molecule has 3 nitrogen and oxygen atoms in total. The van der Waals surface area contributed by atoms with E-state index in [-0.39, 0.29) is 0 Å². The van der Waals surface area contributed by atoms with E-state index in [1.54, 1.807) is 7.11 Å². The molecule has 1 saturated carbocycles. The molecule has 1 aliphatic carbocycles. The third kappa shape index (κ3) is 4.14. The molecule has 112 valence electrons. The van der Waals surface area contributed by atoms with Crippen LogP contribution < -0.4 is 14.8 Å². The van der Waals surface area contributed by atoms with Crippen LogP contribution in [-0.4, -0.2) is 19.3 Å². The maximum absolute atomic E-state index is 6.05. The Balaban J connectivity index is 1.99. The maximum atomic E-state index is 6.05. The first-order chi connectivity index (χ1) is 9.72. The van der Waals surface area contributed by atoms with Crippen LogP contribution in [0.5, 0.6) is 11.5 Å². The summed E-state index contributed by atoms with van der Waals surface area (Å²) in [5, 5.41) is 3.50. The van der Waals surface area contributed by atoms with Crippen LogP contribution in [0.1, 0.15) is 51.5 Å². The van der Waals surface area contributed by atoms with Crippen molar-refractivity contribution in [2.24, 2.45) is 0 Å². The summed E-state index contributed by atoms with van der Waals surface area (Å²) in [7, 11) is 1.71. The van der Waals surface area contributed by atoms with E-state index in [4.69, 9.17) is 9.47 Å². The molecule has 0 amide bonds. The van der Waals surface area contributed by atoms with Gasteiger partial charge in [-0.25, -0.2) is 0 Å². The van der Waals surface area contributed by atoms with Crippen molar-refractivity contribution in [3.05, 3.63) is 23.8 Å². The summed E-state index contributed by atoms with van der Waals surface area (Å²) in [5.41, 5.74) is 1.24. The smallest absolute Gasteiger partial charge is 0.161 e. The fourth-order valence-electron chi connectivity index (χ4n) is 2.54. The van der Waals surface area contributed by atoms with Gasteiger partial charge in [-0.3, -0.25) is 0 Å².